The van der Waals surface area contributed by atoms with Crippen LogP contribution in [0, 0.1) is 0 Å². The van der Waals surface area contributed by atoms with Gasteiger partial charge >= 0.3 is 0 Å². The van der Waals surface area contributed by atoms with Crippen LogP contribution in [-0.2, 0) is 6.54 Å². The molecule has 0 unspecified atom stereocenters. The van der Waals surface area contributed by atoms with E-state index >= 15 is 0 Å². The molecule has 124 valence electrons. The van der Waals surface area contributed by atoms with Crippen molar-refractivity contribution in [1.29, 1.82) is 0 Å². The van der Waals surface area contributed by atoms with Crippen molar-refractivity contribution in [2.75, 3.05) is 7.05 Å². The number of carbonyl (C=O) groups excluding carboxylic acids is 1. The van der Waals surface area contributed by atoms with Crippen molar-refractivity contribution < 1.29 is 4.79 Å². The summed E-state index contributed by atoms with van der Waals surface area (Å²) in [6.45, 7) is 4.66. The number of aromatic amines is 1. The van der Waals surface area contributed by atoms with E-state index in [1.54, 1.807) is 24.3 Å². The molecule has 0 aliphatic heterocycles. The molecule has 0 bridgehead atoms. The molecule has 2 heterocycles. The van der Waals surface area contributed by atoms with E-state index in [1.165, 1.54) is 0 Å². The Bertz CT molecular complexity index is 820. The SMILES string of the molecule is CC(C)n1cc(CN(C)C(=O)c2ccccc2-c2ncc[nH]2)cn1. The molecule has 0 aliphatic rings. The first-order valence-corrected chi connectivity index (χ1v) is 7.93. The van der Waals surface area contributed by atoms with Crippen molar-refractivity contribution >= 4 is 5.91 Å². The summed E-state index contributed by atoms with van der Waals surface area (Å²) in [5, 5.41) is 4.32. The van der Waals surface area contributed by atoms with Crippen LogP contribution in [0.5, 0.6) is 0 Å². The molecule has 1 N–H and O–H groups in total. The van der Waals surface area contributed by atoms with Gasteiger partial charge in [0.1, 0.15) is 5.82 Å². The highest BCUT2D eigenvalue weighted by Gasteiger charge is 2.18. The van der Waals surface area contributed by atoms with Gasteiger partial charge in [-0.15, -0.1) is 0 Å². The highest BCUT2D eigenvalue weighted by atomic mass is 16.2. The van der Waals surface area contributed by atoms with Crippen molar-refractivity contribution in [2.24, 2.45) is 0 Å². The van der Waals surface area contributed by atoms with Crippen molar-refractivity contribution in [3.05, 3.63) is 60.2 Å². The Kier molecular flexibility index (Phi) is 4.46. The fraction of sp³-hybridized carbons (Fsp3) is 0.278. The van der Waals surface area contributed by atoms with Gasteiger partial charge in [-0.1, -0.05) is 18.2 Å². The zero-order valence-corrected chi connectivity index (χ0v) is 14.1. The van der Waals surface area contributed by atoms with E-state index in [0.29, 0.717) is 24.0 Å². The first-order valence-electron chi connectivity index (χ1n) is 7.93. The number of H-pyrrole nitrogens is 1. The molecule has 0 radical (unpaired) electrons. The molecule has 24 heavy (non-hydrogen) atoms. The van der Waals surface area contributed by atoms with E-state index in [0.717, 1.165) is 11.1 Å². The van der Waals surface area contributed by atoms with Gasteiger partial charge in [0.15, 0.2) is 0 Å². The van der Waals surface area contributed by atoms with Gasteiger partial charge in [0, 0.05) is 49.4 Å². The molecule has 0 saturated carbocycles. The third-order valence-corrected chi connectivity index (χ3v) is 3.86. The summed E-state index contributed by atoms with van der Waals surface area (Å²) in [6, 6.07) is 7.80. The van der Waals surface area contributed by atoms with E-state index in [9.17, 15) is 4.79 Å². The molecule has 0 saturated heterocycles. The summed E-state index contributed by atoms with van der Waals surface area (Å²) in [6.07, 6.45) is 7.22. The lowest BCUT2D eigenvalue weighted by molar-refractivity contribution is 0.0786. The summed E-state index contributed by atoms with van der Waals surface area (Å²) in [7, 11) is 1.80. The summed E-state index contributed by atoms with van der Waals surface area (Å²) < 4.78 is 1.89. The number of aromatic nitrogens is 4. The van der Waals surface area contributed by atoms with Crippen LogP contribution in [0.25, 0.3) is 11.4 Å². The van der Waals surface area contributed by atoms with Crippen LogP contribution in [0.1, 0.15) is 35.8 Å². The molecule has 3 rings (SSSR count). The predicted octanol–water partition coefficient (Wildman–Crippen LogP) is 3.13. The molecule has 6 nitrogen and oxygen atoms in total. The normalized spacial score (nSPS) is 11.0. The smallest absolute Gasteiger partial charge is 0.254 e. The number of nitrogens with zero attached hydrogens (tertiary/aromatic N) is 4. The van der Waals surface area contributed by atoms with Crippen LogP contribution in [-0.4, -0.2) is 37.6 Å². The highest BCUT2D eigenvalue weighted by Crippen LogP contribution is 2.21. The maximum Gasteiger partial charge on any atom is 0.254 e. The number of imidazole rings is 1. The first-order chi connectivity index (χ1) is 11.6. The van der Waals surface area contributed by atoms with Crippen LogP contribution in [0.4, 0.5) is 0 Å². The van der Waals surface area contributed by atoms with Gasteiger partial charge in [-0.05, 0) is 19.9 Å². The van der Waals surface area contributed by atoms with Crippen LogP contribution in [0.2, 0.25) is 0 Å². The minimum atomic E-state index is -0.0423. The average Bonchev–Trinajstić information content (AvgIpc) is 3.25. The first kappa shape index (κ1) is 16.0. The number of carbonyl (C=O) groups is 1. The lowest BCUT2D eigenvalue weighted by atomic mass is 10.1. The zero-order chi connectivity index (χ0) is 17.1. The standard InChI is InChI=1S/C18H21N5O/c1-13(2)23-12-14(10-21-23)11-22(3)18(24)16-7-5-4-6-15(16)17-19-8-9-20-17/h4-10,12-13H,11H2,1-3H3,(H,19,20). The van der Waals surface area contributed by atoms with Gasteiger partial charge in [-0.25, -0.2) is 4.98 Å². The van der Waals surface area contributed by atoms with Gasteiger partial charge in [0.05, 0.1) is 11.8 Å². The van der Waals surface area contributed by atoms with Gasteiger partial charge in [-0.2, -0.15) is 5.10 Å². The van der Waals surface area contributed by atoms with E-state index in [2.05, 4.69) is 28.9 Å². The van der Waals surface area contributed by atoms with E-state index in [-0.39, 0.29) is 5.91 Å². The molecule has 3 aromatic rings. The van der Waals surface area contributed by atoms with Gasteiger partial charge in [-0.3, -0.25) is 9.48 Å². The molecule has 0 spiro atoms. The number of hydrogen-bond donors (Lipinski definition) is 1. The average molecular weight is 323 g/mol. The van der Waals surface area contributed by atoms with Gasteiger partial charge in [0.25, 0.3) is 5.91 Å². The second-order valence-corrected chi connectivity index (χ2v) is 6.07. The predicted molar refractivity (Wildman–Crippen MR) is 92.4 cm³/mol. The van der Waals surface area contributed by atoms with Crippen LogP contribution in [0.3, 0.4) is 0 Å². The molecule has 0 atom stereocenters. The Hall–Kier alpha value is -2.89. The highest BCUT2D eigenvalue weighted by molar-refractivity contribution is 5.99. The Balaban J connectivity index is 1.81. The second-order valence-electron chi connectivity index (χ2n) is 6.07. The fourth-order valence-corrected chi connectivity index (χ4v) is 2.58. The minimum absolute atomic E-state index is 0.0423. The van der Waals surface area contributed by atoms with Crippen molar-refractivity contribution in [3.63, 3.8) is 0 Å². The molecular weight excluding hydrogens is 302 g/mol. The monoisotopic (exact) mass is 323 g/mol. The molecule has 1 amide bonds. The molecule has 0 aliphatic carbocycles. The van der Waals surface area contributed by atoms with Crippen molar-refractivity contribution in [2.45, 2.75) is 26.4 Å². The van der Waals surface area contributed by atoms with Gasteiger partial charge < -0.3 is 9.88 Å². The quantitative estimate of drug-likeness (QED) is 0.784. The van der Waals surface area contributed by atoms with E-state index < -0.39 is 0 Å². The van der Waals surface area contributed by atoms with Crippen molar-refractivity contribution in [1.82, 2.24) is 24.6 Å². The number of benzene rings is 1. The third kappa shape index (κ3) is 3.22. The Morgan fingerprint density at radius 3 is 2.79 bits per heavy atom. The minimum Gasteiger partial charge on any atom is -0.345 e. The lowest BCUT2D eigenvalue weighted by Gasteiger charge is -2.18. The van der Waals surface area contributed by atoms with Crippen LogP contribution >= 0.6 is 0 Å². The van der Waals surface area contributed by atoms with Crippen LogP contribution in [0.15, 0.2) is 49.1 Å². The number of nitrogens with one attached hydrogen (secondary N) is 1. The Morgan fingerprint density at radius 2 is 2.12 bits per heavy atom. The molecular formula is C18H21N5O. The van der Waals surface area contributed by atoms with E-state index in [1.807, 2.05) is 41.3 Å². The third-order valence-electron chi connectivity index (χ3n) is 3.86. The second kappa shape index (κ2) is 6.70. The summed E-state index contributed by atoms with van der Waals surface area (Å²) >= 11 is 0. The van der Waals surface area contributed by atoms with Crippen molar-refractivity contribution in [3.8, 4) is 11.4 Å². The number of hydrogen-bond acceptors (Lipinski definition) is 3. The zero-order valence-electron chi connectivity index (χ0n) is 14.1. The molecule has 1 aromatic carbocycles. The van der Waals surface area contributed by atoms with Crippen LogP contribution < -0.4 is 0 Å². The largest absolute Gasteiger partial charge is 0.345 e. The Labute approximate surface area is 141 Å². The summed E-state index contributed by atoms with van der Waals surface area (Å²) in [5.74, 6) is 0.652. The maximum atomic E-state index is 12.9. The Morgan fingerprint density at radius 1 is 1.33 bits per heavy atom. The van der Waals surface area contributed by atoms with E-state index in [4.69, 9.17) is 0 Å². The number of amides is 1. The molecule has 0 fully saturated rings. The molecule has 6 heteroatoms. The maximum absolute atomic E-state index is 12.9. The lowest BCUT2D eigenvalue weighted by Crippen LogP contribution is -2.26. The molecule has 2 aromatic heterocycles. The number of rotatable bonds is 5. The summed E-state index contributed by atoms with van der Waals surface area (Å²) in [4.78, 5) is 21.9. The summed E-state index contributed by atoms with van der Waals surface area (Å²) in [5.41, 5.74) is 2.44. The van der Waals surface area contributed by atoms with Gasteiger partial charge in [0.2, 0.25) is 0 Å². The topological polar surface area (TPSA) is 66.8 Å². The fourth-order valence-electron chi connectivity index (χ4n) is 2.58.